The molecule has 0 aliphatic carbocycles. The second-order valence-corrected chi connectivity index (χ2v) is 8.65. The number of hydrogen-bond donors (Lipinski definition) is 2. The number of aryl methyl sites for hydroxylation is 1. The van der Waals surface area contributed by atoms with Crippen molar-refractivity contribution in [2.24, 2.45) is 5.73 Å². The molecule has 2 amide bonds. The van der Waals surface area contributed by atoms with E-state index in [0.717, 1.165) is 26.4 Å². The van der Waals surface area contributed by atoms with Gasteiger partial charge in [0.15, 0.2) is 0 Å². The molecule has 0 fully saturated rings. The molecule has 3 N–H and O–H groups in total. The lowest BCUT2D eigenvalue weighted by Gasteiger charge is -2.14. The van der Waals surface area contributed by atoms with Crippen LogP contribution in [0.1, 0.15) is 34.1 Å². The van der Waals surface area contributed by atoms with E-state index in [1.165, 1.54) is 23.1 Å². The van der Waals surface area contributed by atoms with Gasteiger partial charge in [-0.3, -0.25) is 9.59 Å². The van der Waals surface area contributed by atoms with Gasteiger partial charge in [-0.25, -0.2) is 4.98 Å². The molecule has 2 heterocycles. The molecule has 1 atom stereocenters. The number of aromatic nitrogens is 1. The van der Waals surface area contributed by atoms with Gasteiger partial charge in [-0.15, -0.1) is 11.3 Å². The minimum absolute atomic E-state index is 0.152. The Hall–Kier alpha value is -2.38. The topological polar surface area (TPSA) is 85.1 Å². The van der Waals surface area contributed by atoms with Crippen LogP contribution < -0.4 is 11.1 Å². The number of thiophene rings is 1. The zero-order valence-corrected chi connectivity index (χ0v) is 17.0. The summed E-state index contributed by atoms with van der Waals surface area (Å²) < 4.78 is 0. The maximum absolute atomic E-state index is 12.8. The van der Waals surface area contributed by atoms with Crippen molar-refractivity contribution >= 4 is 50.8 Å². The average molecular weight is 400 g/mol. The molecule has 27 heavy (non-hydrogen) atoms. The van der Waals surface area contributed by atoms with Gasteiger partial charge in [-0.05, 0) is 38.0 Å². The van der Waals surface area contributed by atoms with Crippen LogP contribution in [-0.2, 0) is 4.79 Å². The van der Waals surface area contributed by atoms with Gasteiger partial charge in [0.25, 0.3) is 5.91 Å². The SMILES string of the molecule is CCC(Sc1ccc2ccccc2n1)C(=O)Nc1sc(C)c(C)c1C(N)=O. The molecule has 0 saturated heterocycles. The van der Waals surface area contributed by atoms with Crippen molar-refractivity contribution < 1.29 is 9.59 Å². The lowest BCUT2D eigenvalue weighted by atomic mass is 10.1. The molecular formula is C20H21N3O2S2. The largest absolute Gasteiger partial charge is 0.365 e. The zero-order chi connectivity index (χ0) is 19.6. The molecule has 7 heteroatoms. The molecule has 5 nitrogen and oxygen atoms in total. The fourth-order valence-corrected chi connectivity index (χ4v) is 4.78. The van der Waals surface area contributed by atoms with Gasteiger partial charge in [0.2, 0.25) is 5.91 Å². The Morgan fingerprint density at radius 2 is 1.96 bits per heavy atom. The van der Waals surface area contributed by atoms with Crippen molar-refractivity contribution in [1.82, 2.24) is 4.98 Å². The molecule has 0 spiro atoms. The number of carbonyl (C=O) groups excluding carboxylic acids is 2. The average Bonchev–Trinajstić information content (AvgIpc) is 2.93. The minimum atomic E-state index is -0.524. The monoisotopic (exact) mass is 399 g/mol. The number of rotatable bonds is 6. The van der Waals surface area contributed by atoms with Crippen molar-refractivity contribution in [2.75, 3.05) is 5.32 Å². The number of hydrogen-bond acceptors (Lipinski definition) is 5. The van der Waals surface area contributed by atoms with E-state index in [-0.39, 0.29) is 11.2 Å². The number of pyridine rings is 1. The van der Waals surface area contributed by atoms with E-state index in [4.69, 9.17) is 5.73 Å². The Labute approximate surface area is 166 Å². The van der Waals surface area contributed by atoms with Crippen molar-refractivity contribution in [3.63, 3.8) is 0 Å². The summed E-state index contributed by atoms with van der Waals surface area (Å²) in [5, 5.41) is 4.96. The Morgan fingerprint density at radius 1 is 1.22 bits per heavy atom. The van der Waals surface area contributed by atoms with Crippen LogP contribution in [0.4, 0.5) is 5.00 Å². The van der Waals surface area contributed by atoms with Gasteiger partial charge in [0.1, 0.15) is 5.00 Å². The van der Waals surface area contributed by atoms with Gasteiger partial charge in [0, 0.05) is 10.3 Å². The highest BCUT2D eigenvalue weighted by Crippen LogP contribution is 2.33. The number of anilines is 1. The van der Waals surface area contributed by atoms with E-state index in [2.05, 4.69) is 10.3 Å². The second kappa shape index (κ2) is 8.10. The lowest BCUT2D eigenvalue weighted by Crippen LogP contribution is -2.25. The highest BCUT2D eigenvalue weighted by Gasteiger charge is 2.23. The quantitative estimate of drug-likeness (QED) is 0.597. The van der Waals surface area contributed by atoms with Gasteiger partial charge < -0.3 is 11.1 Å². The van der Waals surface area contributed by atoms with Crippen LogP contribution in [0.3, 0.4) is 0 Å². The third kappa shape index (κ3) is 4.14. The van der Waals surface area contributed by atoms with Gasteiger partial charge in [-0.1, -0.05) is 43.0 Å². The predicted octanol–water partition coefficient (Wildman–Crippen LogP) is 4.52. The number of nitrogens with zero attached hydrogens (tertiary/aromatic N) is 1. The van der Waals surface area contributed by atoms with Crippen LogP contribution in [0.15, 0.2) is 41.4 Å². The standard InChI is InChI=1S/C20H21N3O2S2/c1-4-15(27-16-10-9-13-7-5-6-8-14(13)22-16)19(25)23-20-17(18(21)24)11(2)12(3)26-20/h5-10,15H,4H2,1-3H3,(H2,21,24)(H,23,25). The third-order valence-corrected chi connectivity index (χ3v) is 6.79. The lowest BCUT2D eigenvalue weighted by molar-refractivity contribution is -0.115. The van der Waals surface area contributed by atoms with Crippen LogP contribution >= 0.6 is 23.1 Å². The smallest absolute Gasteiger partial charge is 0.251 e. The van der Waals surface area contributed by atoms with E-state index >= 15 is 0 Å². The first kappa shape index (κ1) is 19.4. The minimum Gasteiger partial charge on any atom is -0.365 e. The zero-order valence-electron chi connectivity index (χ0n) is 15.4. The highest BCUT2D eigenvalue weighted by molar-refractivity contribution is 8.00. The molecule has 1 unspecified atom stereocenters. The number of para-hydroxylation sites is 1. The Morgan fingerprint density at radius 3 is 2.67 bits per heavy atom. The first-order valence-corrected chi connectivity index (χ1v) is 10.3. The molecular weight excluding hydrogens is 378 g/mol. The van der Waals surface area contributed by atoms with E-state index in [1.54, 1.807) is 0 Å². The van der Waals surface area contributed by atoms with E-state index in [1.807, 2.05) is 57.2 Å². The molecule has 0 aliphatic heterocycles. The number of amides is 2. The molecule has 0 saturated carbocycles. The summed E-state index contributed by atoms with van der Waals surface area (Å²) in [5.41, 5.74) is 7.61. The third-order valence-electron chi connectivity index (χ3n) is 4.37. The van der Waals surface area contributed by atoms with Crippen LogP contribution in [0.2, 0.25) is 0 Å². The number of carbonyl (C=O) groups is 2. The number of nitrogens with one attached hydrogen (secondary N) is 1. The van der Waals surface area contributed by atoms with E-state index in [0.29, 0.717) is 17.0 Å². The second-order valence-electron chi connectivity index (χ2n) is 6.20. The number of benzene rings is 1. The number of fused-ring (bicyclic) bond motifs is 1. The molecule has 3 aromatic rings. The van der Waals surface area contributed by atoms with Gasteiger partial charge in [0.05, 0.1) is 21.4 Å². The van der Waals surface area contributed by atoms with Gasteiger partial charge in [-0.2, -0.15) is 0 Å². The van der Waals surface area contributed by atoms with Crippen LogP contribution in [-0.4, -0.2) is 22.0 Å². The predicted molar refractivity (Wildman–Crippen MR) is 113 cm³/mol. The fraction of sp³-hybridized carbons (Fsp3) is 0.250. The molecule has 2 aromatic heterocycles. The van der Waals surface area contributed by atoms with E-state index in [9.17, 15) is 9.59 Å². The van der Waals surface area contributed by atoms with Crippen molar-refractivity contribution in [3.05, 3.63) is 52.4 Å². The summed E-state index contributed by atoms with van der Waals surface area (Å²) in [6.45, 7) is 5.71. The molecule has 0 aliphatic rings. The van der Waals surface area contributed by atoms with Crippen LogP contribution in [0.5, 0.6) is 0 Å². The Bertz CT molecular complexity index is 1010. The maximum atomic E-state index is 12.8. The summed E-state index contributed by atoms with van der Waals surface area (Å²) in [6.07, 6.45) is 0.639. The van der Waals surface area contributed by atoms with Crippen molar-refractivity contribution in [2.45, 2.75) is 37.5 Å². The number of primary amides is 1. The number of thioether (sulfide) groups is 1. The number of nitrogens with two attached hydrogens (primary N) is 1. The summed E-state index contributed by atoms with van der Waals surface area (Å²) in [6, 6.07) is 11.8. The molecule has 1 aromatic carbocycles. The summed E-state index contributed by atoms with van der Waals surface area (Å²) in [5.74, 6) is -0.676. The normalized spacial score (nSPS) is 12.1. The summed E-state index contributed by atoms with van der Waals surface area (Å²) >= 11 is 2.80. The molecule has 140 valence electrons. The fourth-order valence-electron chi connectivity index (χ4n) is 2.79. The van der Waals surface area contributed by atoms with Crippen molar-refractivity contribution in [1.29, 1.82) is 0 Å². The Balaban J connectivity index is 1.80. The molecule has 3 rings (SSSR count). The Kier molecular flexibility index (Phi) is 5.82. The first-order chi connectivity index (χ1) is 12.9. The molecule has 0 radical (unpaired) electrons. The van der Waals surface area contributed by atoms with E-state index < -0.39 is 5.91 Å². The molecule has 0 bridgehead atoms. The first-order valence-electron chi connectivity index (χ1n) is 8.63. The van der Waals surface area contributed by atoms with Gasteiger partial charge >= 0.3 is 0 Å². The van der Waals surface area contributed by atoms with Crippen LogP contribution in [0.25, 0.3) is 10.9 Å². The highest BCUT2D eigenvalue weighted by atomic mass is 32.2. The summed E-state index contributed by atoms with van der Waals surface area (Å²) in [4.78, 5) is 30.2. The van der Waals surface area contributed by atoms with Crippen molar-refractivity contribution in [3.8, 4) is 0 Å². The van der Waals surface area contributed by atoms with Crippen LogP contribution in [0, 0.1) is 13.8 Å². The maximum Gasteiger partial charge on any atom is 0.251 e. The summed E-state index contributed by atoms with van der Waals surface area (Å²) in [7, 11) is 0.